The molecule has 1 aliphatic rings. The Bertz CT molecular complexity index is 945. The first-order valence-electron chi connectivity index (χ1n) is 9.22. The van der Waals surface area contributed by atoms with E-state index in [2.05, 4.69) is 0 Å². The molecule has 0 aromatic heterocycles. The molecule has 2 aromatic rings. The van der Waals surface area contributed by atoms with Gasteiger partial charge in [0.1, 0.15) is 0 Å². The zero-order valence-corrected chi connectivity index (χ0v) is 16.1. The lowest BCUT2D eigenvalue weighted by Crippen LogP contribution is -2.37. The van der Waals surface area contributed by atoms with Crippen molar-refractivity contribution in [1.82, 2.24) is 4.90 Å². The number of benzene rings is 2. The van der Waals surface area contributed by atoms with E-state index in [0.29, 0.717) is 19.5 Å². The maximum Gasteiger partial charge on any atom is 0.417 e. The number of likely N-dealkylation sites (N-methyl/N-ethyl adjacent to an activating group) is 1. The van der Waals surface area contributed by atoms with E-state index in [9.17, 15) is 26.3 Å². The minimum absolute atomic E-state index is 0.0162. The summed E-state index contributed by atoms with van der Waals surface area (Å²) < 4.78 is 80.7. The molecule has 0 spiro atoms. The van der Waals surface area contributed by atoms with Gasteiger partial charge in [-0.15, -0.1) is 0 Å². The van der Waals surface area contributed by atoms with E-state index in [-0.39, 0.29) is 23.8 Å². The lowest BCUT2D eigenvalue weighted by molar-refractivity contribution is -0.138. The first-order chi connectivity index (χ1) is 14.0. The normalized spacial score (nSPS) is 17.7. The number of hydrogen-bond acceptors (Lipinski definition) is 3. The molecule has 3 rings (SSSR count). The maximum absolute atomic E-state index is 13.4. The van der Waals surface area contributed by atoms with Crippen molar-refractivity contribution < 1.29 is 26.3 Å². The van der Waals surface area contributed by atoms with Crippen LogP contribution >= 0.6 is 0 Å². The lowest BCUT2D eigenvalue weighted by Gasteiger charge is -2.33. The van der Waals surface area contributed by atoms with Crippen molar-refractivity contribution in [3.05, 3.63) is 64.7 Å². The molecule has 0 saturated carbocycles. The Labute approximate surface area is 170 Å². The van der Waals surface area contributed by atoms with Gasteiger partial charge in [0.2, 0.25) is 0 Å². The van der Waals surface area contributed by atoms with Crippen LogP contribution in [-0.4, -0.2) is 31.1 Å². The van der Waals surface area contributed by atoms with Crippen LogP contribution in [0.5, 0.6) is 0 Å². The Balaban J connectivity index is 2.07. The number of nitrogens with zero attached hydrogens (tertiary/aromatic N) is 3. The van der Waals surface area contributed by atoms with Crippen molar-refractivity contribution in [2.75, 3.05) is 25.0 Å². The van der Waals surface area contributed by atoms with Gasteiger partial charge in [-0.3, -0.25) is 0 Å². The SMILES string of the molecule is CN1CC[C@H](N(Cc2ccccc2C(F)(F)F)c2ccc(C#N)c(C(F)(F)F)c2)C1. The predicted molar refractivity (Wildman–Crippen MR) is 99.7 cm³/mol. The average molecular weight is 427 g/mol. The smallest absolute Gasteiger partial charge is 0.363 e. The molecule has 2 aromatic carbocycles. The van der Waals surface area contributed by atoms with Gasteiger partial charge in [0, 0.05) is 24.8 Å². The summed E-state index contributed by atoms with van der Waals surface area (Å²) >= 11 is 0. The molecule has 0 bridgehead atoms. The summed E-state index contributed by atoms with van der Waals surface area (Å²) in [5.74, 6) is 0. The molecule has 0 amide bonds. The third-order valence-corrected chi connectivity index (χ3v) is 5.23. The summed E-state index contributed by atoms with van der Waals surface area (Å²) in [5.41, 5.74) is -2.31. The second kappa shape index (κ2) is 8.19. The summed E-state index contributed by atoms with van der Waals surface area (Å²) in [6.07, 6.45) is -8.72. The Morgan fingerprint density at radius 1 is 1.03 bits per heavy atom. The first-order valence-corrected chi connectivity index (χ1v) is 9.22. The van der Waals surface area contributed by atoms with Crippen molar-refractivity contribution in [2.45, 2.75) is 31.4 Å². The van der Waals surface area contributed by atoms with Crippen molar-refractivity contribution in [1.29, 1.82) is 5.26 Å². The number of halogens is 6. The largest absolute Gasteiger partial charge is 0.417 e. The van der Waals surface area contributed by atoms with Crippen molar-refractivity contribution in [2.24, 2.45) is 0 Å². The highest BCUT2D eigenvalue weighted by molar-refractivity contribution is 5.56. The number of hydrogen-bond donors (Lipinski definition) is 0. The zero-order valence-electron chi connectivity index (χ0n) is 16.1. The van der Waals surface area contributed by atoms with E-state index in [0.717, 1.165) is 18.2 Å². The zero-order chi connectivity index (χ0) is 22.1. The van der Waals surface area contributed by atoms with E-state index in [1.54, 1.807) is 4.90 Å². The summed E-state index contributed by atoms with van der Waals surface area (Å²) in [6, 6.07) is 9.62. The van der Waals surface area contributed by atoms with Gasteiger partial charge in [-0.1, -0.05) is 18.2 Å². The number of alkyl halides is 6. The molecule has 30 heavy (non-hydrogen) atoms. The average Bonchev–Trinajstić information content (AvgIpc) is 3.10. The molecule has 0 unspecified atom stereocenters. The van der Waals surface area contributed by atoms with E-state index in [4.69, 9.17) is 5.26 Å². The fraction of sp³-hybridized carbons (Fsp3) is 0.381. The third kappa shape index (κ3) is 4.70. The minimum atomic E-state index is -4.75. The summed E-state index contributed by atoms with van der Waals surface area (Å²) in [4.78, 5) is 3.55. The van der Waals surface area contributed by atoms with Gasteiger partial charge < -0.3 is 9.80 Å². The Morgan fingerprint density at radius 3 is 2.27 bits per heavy atom. The molecular weight excluding hydrogens is 408 g/mol. The molecule has 9 heteroatoms. The Kier molecular flexibility index (Phi) is 5.99. The second-order valence-corrected chi connectivity index (χ2v) is 7.33. The molecule has 1 atom stereocenters. The number of nitriles is 1. The summed E-state index contributed by atoms with van der Waals surface area (Å²) in [5, 5.41) is 9.02. The highest BCUT2D eigenvalue weighted by Crippen LogP contribution is 2.37. The topological polar surface area (TPSA) is 30.3 Å². The van der Waals surface area contributed by atoms with E-state index < -0.39 is 29.0 Å². The maximum atomic E-state index is 13.4. The van der Waals surface area contributed by atoms with E-state index in [1.165, 1.54) is 30.3 Å². The number of likely N-dealkylation sites (tertiary alicyclic amines) is 1. The van der Waals surface area contributed by atoms with Crippen LogP contribution in [0.3, 0.4) is 0 Å². The van der Waals surface area contributed by atoms with Gasteiger partial charge in [0.15, 0.2) is 0 Å². The summed E-state index contributed by atoms with van der Waals surface area (Å²) in [7, 11) is 1.85. The molecule has 0 aliphatic carbocycles. The second-order valence-electron chi connectivity index (χ2n) is 7.33. The predicted octanol–water partition coefficient (Wildman–Crippen LogP) is 5.31. The van der Waals surface area contributed by atoms with Crippen LogP contribution in [0.15, 0.2) is 42.5 Å². The van der Waals surface area contributed by atoms with Crippen molar-refractivity contribution >= 4 is 5.69 Å². The third-order valence-electron chi connectivity index (χ3n) is 5.23. The van der Waals surface area contributed by atoms with Gasteiger partial charge in [0.25, 0.3) is 0 Å². The molecular formula is C21H19F6N3. The lowest BCUT2D eigenvalue weighted by atomic mass is 10.0. The quantitative estimate of drug-likeness (QED) is 0.620. The highest BCUT2D eigenvalue weighted by atomic mass is 19.4. The minimum Gasteiger partial charge on any atom is -0.363 e. The molecule has 160 valence electrons. The molecule has 0 N–H and O–H groups in total. The standard InChI is InChI=1S/C21H19F6N3/c1-29-9-8-17(13-29)30(12-15-4-2-3-5-18(15)20(22,23)24)16-7-6-14(11-28)19(10-16)21(25,26)27/h2-7,10,17H,8-9,12-13H2,1H3/t17-/m0/s1. The van der Waals surface area contributed by atoms with E-state index >= 15 is 0 Å². The van der Waals surface area contributed by atoms with Crippen LogP contribution in [-0.2, 0) is 18.9 Å². The van der Waals surface area contributed by atoms with Crippen molar-refractivity contribution in [3.63, 3.8) is 0 Å². The van der Waals surface area contributed by atoms with Crippen molar-refractivity contribution in [3.8, 4) is 6.07 Å². The molecule has 1 heterocycles. The fourth-order valence-electron chi connectivity index (χ4n) is 3.76. The molecule has 1 aliphatic heterocycles. The van der Waals surface area contributed by atoms with Crippen LogP contribution in [0, 0.1) is 11.3 Å². The number of rotatable bonds is 4. The number of anilines is 1. The van der Waals surface area contributed by atoms with Gasteiger partial charge in [-0.25, -0.2) is 0 Å². The van der Waals surface area contributed by atoms with Crippen LogP contribution in [0.25, 0.3) is 0 Å². The monoisotopic (exact) mass is 427 g/mol. The highest BCUT2D eigenvalue weighted by Gasteiger charge is 2.37. The van der Waals surface area contributed by atoms with Crippen LogP contribution < -0.4 is 4.90 Å². The van der Waals surface area contributed by atoms with Crippen LogP contribution in [0.4, 0.5) is 32.0 Å². The Morgan fingerprint density at radius 2 is 1.70 bits per heavy atom. The molecule has 3 nitrogen and oxygen atoms in total. The van der Waals surface area contributed by atoms with Gasteiger partial charge in [0.05, 0.1) is 22.8 Å². The molecule has 1 fully saturated rings. The van der Waals surface area contributed by atoms with Gasteiger partial charge in [-0.05, 0) is 49.8 Å². The van der Waals surface area contributed by atoms with Crippen LogP contribution in [0.1, 0.15) is 28.7 Å². The molecule has 1 saturated heterocycles. The first kappa shape index (κ1) is 22.0. The van der Waals surface area contributed by atoms with Gasteiger partial charge in [-0.2, -0.15) is 31.6 Å². The fourth-order valence-corrected chi connectivity index (χ4v) is 3.76. The Hall–Kier alpha value is -2.73. The van der Waals surface area contributed by atoms with Crippen LogP contribution in [0.2, 0.25) is 0 Å². The summed E-state index contributed by atoms with van der Waals surface area (Å²) in [6.45, 7) is 0.997. The van der Waals surface area contributed by atoms with Gasteiger partial charge >= 0.3 is 12.4 Å². The molecule has 0 radical (unpaired) electrons. The van der Waals surface area contributed by atoms with E-state index in [1.807, 2.05) is 11.9 Å².